The zero-order chi connectivity index (χ0) is 14.0. The van der Waals surface area contributed by atoms with Crippen LogP contribution < -0.4 is 5.73 Å². The number of benzene rings is 1. The van der Waals surface area contributed by atoms with E-state index in [4.69, 9.17) is 5.73 Å². The van der Waals surface area contributed by atoms with E-state index in [1.807, 2.05) is 0 Å². The van der Waals surface area contributed by atoms with E-state index in [9.17, 15) is 0 Å². The van der Waals surface area contributed by atoms with Gasteiger partial charge in [0.15, 0.2) is 0 Å². The van der Waals surface area contributed by atoms with Crippen molar-refractivity contribution in [2.45, 2.75) is 39.5 Å². The second kappa shape index (κ2) is 5.43. The average molecular weight is 274 g/mol. The molecule has 3 heteroatoms. The summed E-state index contributed by atoms with van der Waals surface area (Å²) in [6.07, 6.45) is 0.867. The first-order valence-corrected chi connectivity index (χ1v) is 7.51. The monoisotopic (exact) mass is 274 g/mol. The Balaban J connectivity index is 2.32. The molecular weight excluding hydrogens is 252 g/mol. The number of thiazole rings is 1. The summed E-state index contributed by atoms with van der Waals surface area (Å²) >= 11 is 1.76. The van der Waals surface area contributed by atoms with Crippen molar-refractivity contribution in [2.24, 2.45) is 5.73 Å². The molecule has 0 saturated carbocycles. The van der Waals surface area contributed by atoms with Crippen LogP contribution >= 0.6 is 11.3 Å². The van der Waals surface area contributed by atoms with Crippen molar-refractivity contribution >= 4 is 11.3 Å². The Labute approximate surface area is 119 Å². The van der Waals surface area contributed by atoms with Gasteiger partial charge in [0.1, 0.15) is 0 Å². The lowest BCUT2D eigenvalue weighted by Gasteiger charge is -2.19. The first-order valence-electron chi connectivity index (χ1n) is 6.69. The van der Waals surface area contributed by atoms with Gasteiger partial charge in [-0.15, -0.1) is 11.3 Å². The Bertz CT molecular complexity index is 547. The van der Waals surface area contributed by atoms with Crippen molar-refractivity contribution in [3.05, 3.63) is 40.5 Å². The first-order chi connectivity index (χ1) is 8.91. The number of nitrogens with two attached hydrogens (primary N) is 1. The zero-order valence-electron chi connectivity index (χ0n) is 12.2. The van der Waals surface area contributed by atoms with Crippen molar-refractivity contribution < 1.29 is 0 Å². The molecule has 0 aliphatic rings. The van der Waals surface area contributed by atoms with E-state index in [2.05, 4.69) is 56.9 Å². The molecule has 0 atom stereocenters. The van der Waals surface area contributed by atoms with Crippen LogP contribution in [0.25, 0.3) is 10.4 Å². The average Bonchev–Trinajstić information content (AvgIpc) is 2.70. The predicted molar refractivity (Wildman–Crippen MR) is 83.7 cm³/mol. The molecular formula is C16H22N2S. The fourth-order valence-electron chi connectivity index (χ4n) is 2.07. The number of aromatic nitrogens is 1. The molecule has 0 aliphatic carbocycles. The Morgan fingerprint density at radius 1 is 1.16 bits per heavy atom. The minimum absolute atomic E-state index is 0.200. The van der Waals surface area contributed by atoms with Gasteiger partial charge in [0, 0.05) is 6.42 Å². The van der Waals surface area contributed by atoms with Gasteiger partial charge < -0.3 is 5.73 Å². The number of aryl methyl sites for hydroxylation is 1. The van der Waals surface area contributed by atoms with Crippen molar-refractivity contribution in [2.75, 3.05) is 6.54 Å². The van der Waals surface area contributed by atoms with Gasteiger partial charge in [-0.2, -0.15) is 0 Å². The smallest absolute Gasteiger partial charge is 0.0947 e. The second-order valence-electron chi connectivity index (χ2n) is 5.89. The summed E-state index contributed by atoms with van der Waals surface area (Å²) in [6.45, 7) is 9.44. The molecule has 1 aromatic heterocycles. The van der Waals surface area contributed by atoms with Crippen molar-refractivity contribution in [3.8, 4) is 10.4 Å². The van der Waals surface area contributed by atoms with Gasteiger partial charge in [0.2, 0.25) is 0 Å². The van der Waals surface area contributed by atoms with Gasteiger partial charge in [-0.1, -0.05) is 45.0 Å². The summed E-state index contributed by atoms with van der Waals surface area (Å²) in [5, 5.41) is 1.13. The summed E-state index contributed by atoms with van der Waals surface area (Å²) in [7, 11) is 0. The zero-order valence-corrected chi connectivity index (χ0v) is 13.0. The molecule has 0 unspecified atom stereocenters. The third-order valence-electron chi connectivity index (χ3n) is 3.21. The molecule has 0 saturated heterocycles. The standard InChI is InChI=1S/C16H22N2S/c1-11-15(19-14(18-11)9-10-17)12-5-7-13(8-6-12)16(2,3)4/h5-8H,9-10,17H2,1-4H3. The molecule has 0 bridgehead atoms. The SMILES string of the molecule is Cc1nc(CCN)sc1-c1ccc(C(C)(C)C)cc1. The lowest BCUT2D eigenvalue weighted by Crippen LogP contribution is -2.10. The van der Waals surface area contributed by atoms with Crippen molar-refractivity contribution in [1.29, 1.82) is 0 Å². The number of hydrogen-bond donors (Lipinski definition) is 1. The van der Waals surface area contributed by atoms with Crippen LogP contribution in [0, 0.1) is 6.92 Å². The van der Waals surface area contributed by atoms with Crippen LogP contribution in [0.1, 0.15) is 37.0 Å². The molecule has 0 radical (unpaired) electrons. The maximum Gasteiger partial charge on any atom is 0.0947 e. The van der Waals surface area contributed by atoms with Crippen molar-refractivity contribution in [3.63, 3.8) is 0 Å². The molecule has 0 amide bonds. The fourth-order valence-corrected chi connectivity index (χ4v) is 3.16. The number of rotatable bonds is 3. The van der Waals surface area contributed by atoms with E-state index >= 15 is 0 Å². The molecule has 19 heavy (non-hydrogen) atoms. The highest BCUT2D eigenvalue weighted by atomic mass is 32.1. The Morgan fingerprint density at radius 2 is 1.79 bits per heavy atom. The molecule has 102 valence electrons. The predicted octanol–water partition coefficient (Wildman–Crippen LogP) is 3.92. The van der Waals surface area contributed by atoms with Gasteiger partial charge in [0.05, 0.1) is 15.6 Å². The third-order valence-corrected chi connectivity index (χ3v) is 4.48. The van der Waals surface area contributed by atoms with E-state index in [-0.39, 0.29) is 5.41 Å². The minimum Gasteiger partial charge on any atom is -0.330 e. The molecule has 2 aromatic rings. The van der Waals surface area contributed by atoms with Gasteiger partial charge >= 0.3 is 0 Å². The first kappa shape index (κ1) is 14.2. The number of hydrogen-bond acceptors (Lipinski definition) is 3. The minimum atomic E-state index is 0.200. The summed E-state index contributed by atoms with van der Waals surface area (Å²) in [5.74, 6) is 0. The van der Waals surface area contributed by atoms with Crippen LogP contribution in [0.15, 0.2) is 24.3 Å². The van der Waals surface area contributed by atoms with E-state index in [0.717, 1.165) is 17.1 Å². The molecule has 2 N–H and O–H groups in total. The second-order valence-corrected chi connectivity index (χ2v) is 6.97. The summed E-state index contributed by atoms with van der Waals surface area (Å²) in [4.78, 5) is 5.85. The van der Waals surface area contributed by atoms with E-state index in [0.29, 0.717) is 6.54 Å². The molecule has 2 rings (SSSR count). The van der Waals surface area contributed by atoms with E-state index < -0.39 is 0 Å². The molecule has 1 heterocycles. The van der Waals surface area contributed by atoms with Crippen LogP contribution in [0.5, 0.6) is 0 Å². The van der Waals surface area contributed by atoms with E-state index in [1.54, 1.807) is 11.3 Å². The van der Waals surface area contributed by atoms with Gasteiger partial charge in [-0.05, 0) is 30.0 Å². The quantitative estimate of drug-likeness (QED) is 0.921. The van der Waals surface area contributed by atoms with E-state index in [1.165, 1.54) is 16.0 Å². The fraction of sp³-hybridized carbons (Fsp3) is 0.438. The maximum absolute atomic E-state index is 5.59. The van der Waals surface area contributed by atoms with Crippen LogP contribution in [-0.4, -0.2) is 11.5 Å². The lowest BCUT2D eigenvalue weighted by molar-refractivity contribution is 0.590. The van der Waals surface area contributed by atoms with Crippen LogP contribution in [0.4, 0.5) is 0 Å². The summed E-state index contributed by atoms with van der Waals surface area (Å²) in [6, 6.07) is 8.84. The third kappa shape index (κ3) is 3.23. The van der Waals surface area contributed by atoms with Crippen LogP contribution in [0.3, 0.4) is 0 Å². The topological polar surface area (TPSA) is 38.9 Å². The normalized spacial score (nSPS) is 11.8. The highest BCUT2D eigenvalue weighted by Crippen LogP contribution is 2.32. The molecule has 0 fully saturated rings. The Kier molecular flexibility index (Phi) is 4.07. The van der Waals surface area contributed by atoms with Gasteiger partial charge in [-0.25, -0.2) is 4.98 Å². The van der Waals surface area contributed by atoms with Crippen molar-refractivity contribution in [1.82, 2.24) is 4.98 Å². The lowest BCUT2D eigenvalue weighted by atomic mass is 9.86. The largest absolute Gasteiger partial charge is 0.330 e. The van der Waals surface area contributed by atoms with Crippen LogP contribution in [0.2, 0.25) is 0 Å². The molecule has 2 nitrogen and oxygen atoms in total. The maximum atomic E-state index is 5.59. The molecule has 0 spiro atoms. The highest BCUT2D eigenvalue weighted by molar-refractivity contribution is 7.15. The summed E-state index contributed by atoms with van der Waals surface area (Å²) in [5.41, 5.74) is 9.52. The molecule has 0 aliphatic heterocycles. The number of nitrogens with zero attached hydrogens (tertiary/aromatic N) is 1. The Morgan fingerprint density at radius 3 is 2.32 bits per heavy atom. The Hall–Kier alpha value is -1.19. The molecule has 1 aromatic carbocycles. The summed E-state index contributed by atoms with van der Waals surface area (Å²) < 4.78 is 0. The van der Waals surface area contributed by atoms with Gasteiger partial charge in [-0.3, -0.25) is 0 Å². The highest BCUT2D eigenvalue weighted by Gasteiger charge is 2.14. The van der Waals surface area contributed by atoms with Gasteiger partial charge in [0.25, 0.3) is 0 Å². The van der Waals surface area contributed by atoms with Crippen LogP contribution in [-0.2, 0) is 11.8 Å².